The molecule has 118 valence electrons. The van der Waals surface area contributed by atoms with Gasteiger partial charge in [0.05, 0.1) is 6.20 Å². The summed E-state index contributed by atoms with van der Waals surface area (Å²) < 4.78 is 13.2. The highest BCUT2D eigenvalue weighted by Gasteiger charge is 2.07. The Morgan fingerprint density at radius 3 is 2.61 bits per heavy atom. The van der Waals surface area contributed by atoms with Crippen molar-refractivity contribution in [3.05, 3.63) is 59.6 Å². The van der Waals surface area contributed by atoms with E-state index in [9.17, 15) is 4.79 Å². The fourth-order valence-electron chi connectivity index (χ4n) is 2.39. The average molecular weight is 310 g/mol. The molecule has 0 saturated carbocycles. The van der Waals surface area contributed by atoms with Crippen LogP contribution in [-0.4, -0.2) is 16.1 Å². The van der Waals surface area contributed by atoms with E-state index in [-0.39, 0.29) is 0 Å². The molecular weight excluding hydrogens is 292 g/mol. The van der Waals surface area contributed by atoms with Crippen molar-refractivity contribution < 1.29 is 13.9 Å². The molecule has 0 amide bonds. The number of aryl methyl sites for hydroxylation is 1. The van der Waals surface area contributed by atoms with Crippen molar-refractivity contribution in [2.45, 2.75) is 27.0 Å². The topological polar surface area (TPSA) is 57.3 Å². The van der Waals surface area contributed by atoms with Gasteiger partial charge in [0.2, 0.25) is 0 Å². The summed E-state index contributed by atoms with van der Waals surface area (Å²) in [6, 6.07) is 11.0. The third kappa shape index (κ3) is 3.18. The van der Waals surface area contributed by atoms with Crippen molar-refractivity contribution in [2.75, 3.05) is 0 Å². The number of carbonyl (C=O) groups is 1. The summed E-state index contributed by atoms with van der Waals surface area (Å²) in [7, 11) is 0. The van der Waals surface area contributed by atoms with E-state index < -0.39 is 0 Å². The third-order valence-corrected chi connectivity index (χ3v) is 3.78. The molecule has 0 N–H and O–H groups in total. The Bertz CT molecular complexity index is 800. The molecular formula is C18H18N2O3. The second-order valence-electron chi connectivity index (χ2n) is 5.20. The summed E-state index contributed by atoms with van der Waals surface area (Å²) in [6.45, 7) is 5.45. The minimum Gasteiger partial charge on any atom is -0.489 e. The highest BCUT2D eigenvalue weighted by atomic mass is 16.5. The lowest BCUT2D eigenvalue weighted by Crippen LogP contribution is -2.01. The lowest BCUT2D eigenvalue weighted by atomic mass is 10.2. The molecule has 0 radical (unpaired) electrons. The van der Waals surface area contributed by atoms with Gasteiger partial charge in [-0.2, -0.15) is 5.10 Å². The number of furan rings is 1. The van der Waals surface area contributed by atoms with Gasteiger partial charge >= 0.3 is 0 Å². The van der Waals surface area contributed by atoms with Crippen LogP contribution in [0.4, 0.5) is 0 Å². The number of ether oxygens (including phenoxy) is 1. The van der Waals surface area contributed by atoms with Crippen LogP contribution >= 0.6 is 0 Å². The van der Waals surface area contributed by atoms with E-state index in [1.54, 1.807) is 12.1 Å². The number of rotatable bonds is 6. The van der Waals surface area contributed by atoms with Crippen molar-refractivity contribution in [3.63, 3.8) is 0 Å². The Morgan fingerprint density at radius 2 is 2.00 bits per heavy atom. The minimum atomic E-state index is 0.323. The smallest absolute Gasteiger partial charge is 0.185 e. The Kier molecular flexibility index (Phi) is 4.28. The van der Waals surface area contributed by atoms with Crippen LogP contribution in [0.25, 0.3) is 11.3 Å². The van der Waals surface area contributed by atoms with Crippen molar-refractivity contribution >= 4 is 6.29 Å². The molecule has 0 aliphatic heterocycles. The number of carbonyl (C=O) groups excluding carboxylic acids is 1. The summed E-state index contributed by atoms with van der Waals surface area (Å²) in [5, 5.41) is 4.31. The van der Waals surface area contributed by atoms with Gasteiger partial charge in [0.15, 0.2) is 12.0 Å². The van der Waals surface area contributed by atoms with Gasteiger partial charge in [-0.3, -0.25) is 9.48 Å². The van der Waals surface area contributed by atoms with Crippen LogP contribution in [0.2, 0.25) is 0 Å². The van der Waals surface area contributed by atoms with E-state index in [2.05, 4.69) is 12.0 Å². The highest BCUT2D eigenvalue weighted by molar-refractivity contribution is 5.72. The molecule has 1 aromatic carbocycles. The first-order valence-electron chi connectivity index (χ1n) is 7.50. The minimum absolute atomic E-state index is 0.323. The highest BCUT2D eigenvalue weighted by Crippen LogP contribution is 2.24. The van der Waals surface area contributed by atoms with Crippen LogP contribution in [0.1, 0.15) is 28.7 Å². The Balaban J connectivity index is 1.67. The molecule has 0 fully saturated rings. The standard InChI is InChI=1S/C18H18N2O3/c1-3-20-13(2)15(10-19-20)12-22-16-6-4-14(5-7-16)18-9-8-17(11-21)23-18/h4-11H,3,12H2,1-2H3. The molecule has 5 nitrogen and oxygen atoms in total. The van der Waals surface area contributed by atoms with Crippen molar-refractivity contribution in [1.82, 2.24) is 9.78 Å². The fourth-order valence-corrected chi connectivity index (χ4v) is 2.39. The molecule has 3 aromatic rings. The van der Waals surface area contributed by atoms with Gasteiger partial charge in [-0.25, -0.2) is 0 Å². The van der Waals surface area contributed by atoms with Gasteiger partial charge < -0.3 is 9.15 Å². The number of nitrogens with zero attached hydrogens (tertiary/aromatic N) is 2. The van der Waals surface area contributed by atoms with Crippen LogP contribution < -0.4 is 4.74 Å². The van der Waals surface area contributed by atoms with E-state index in [1.165, 1.54) is 0 Å². The maximum absolute atomic E-state index is 10.7. The van der Waals surface area contributed by atoms with Crippen LogP contribution in [-0.2, 0) is 13.2 Å². The predicted octanol–water partition coefficient (Wildman–Crippen LogP) is 3.86. The summed E-state index contributed by atoms with van der Waals surface area (Å²) >= 11 is 0. The van der Waals surface area contributed by atoms with E-state index in [0.29, 0.717) is 24.4 Å². The van der Waals surface area contributed by atoms with Crippen LogP contribution in [0.3, 0.4) is 0 Å². The van der Waals surface area contributed by atoms with Crippen molar-refractivity contribution in [3.8, 4) is 17.1 Å². The second kappa shape index (κ2) is 6.52. The maximum atomic E-state index is 10.7. The number of benzene rings is 1. The van der Waals surface area contributed by atoms with Crippen LogP contribution in [0.15, 0.2) is 47.0 Å². The molecule has 0 unspecified atom stereocenters. The van der Waals surface area contributed by atoms with Crippen molar-refractivity contribution in [1.29, 1.82) is 0 Å². The summed E-state index contributed by atoms with van der Waals surface area (Å²) in [5.41, 5.74) is 3.11. The zero-order valence-corrected chi connectivity index (χ0v) is 13.2. The Labute approximate surface area is 134 Å². The zero-order chi connectivity index (χ0) is 16.2. The Hall–Kier alpha value is -2.82. The molecule has 5 heteroatoms. The molecule has 2 heterocycles. The van der Waals surface area contributed by atoms with E-state index in [1.807, 2.05) is 42.1 Å². The zero-order valence-electron chi connectivity index (χ0n) is 13.2. The normalized spacial score (nSPS) is 10.7. The number of hydrogen-bond donors (Lipinski definition) is 0. The van der Waals surface area contributed by atoms with Gasteiger partial charge in [0.1, 0.15) is 18.1 Å². The maximum Gasteiger partial charge on any atom is 0.185 e. The number of hydrogen-bond acceptors (Lipinski definition) is 4. The largest absolute Gasteiger partial charge is 0.489 e. The van der Waals surface area contributed by atoms with E-state index in [0.717, 1.165) is 29.1 Å². The molecule has 0 spiro atoms. The van der Waals surface area contributed by atoms with Gasteiger partial charge in [0.25, 0.3) is 0 Å². The quantitative estimate of drug-likeness (QED) is 0.649. The number of aromatic nitrogens is 2. The van der Waals surface area contributed by atoms with Gasteiger partial charge in [0, 0.05) is 23.4 Å². The predicted molar refractivity (Wildman–Crippen MR) is 86.5 cm³/mol. The summed E-state index contributed by atoms with van der Waals surface area (Å²) in [6.07, 6.45) is 2.54. The third-order valence-electron chi connectivity index (χ3n) is 3.78. The van der Waals surface area contributed by atoms with Crippen molar-refractivity contribution in [2.24, 2.45) is 0 Å². The van der Waals surface area contributed by atoms with Crippen LogP contribution in [0.5, 0.6) is 5.75 Å². The Morgan fingerprint density at radius 1 is 1.22 bits per heavy atom. The first-order chi connectivity index (χ1) is 11.2. The molecule has 0 saturated heterocycles. The lowest BCUT2D eigenvalue weighted by molar-refractivity contribution is 0.110. The van der Waals surface area contributed by atoms with E-state index in [4.69, 9.17) is 9.15 Å². The monoisotopic (exact) mass is 310 g/mol. The van der Waals surface area contributed by atoms with Crippen LogP contribution in [0, 0.1) is 6.92 Å². The van der Waals surface area contributed by atoms with Gasteiger partial charge in [-0.15, -0.1) is 0 Å². The first kappa shape index (κ1) is 15.1. The van der Waals surface area contributed by atoms with Gasteiger partial charge in [-0.05, 0) is 50.2 Å². The molecule has 0 bridgehead atoms. The molecule has 0 aliphatic rings. The average Bonchev–Trinajstić information content (AvgIpc) is 3.20. The molecule has 0 aliphatic carbocycles. The SMILES string of the molecule is CCn1ncc(COc2ccc(-c3ccc(C=O)o3)cc2)c1C. The van der Waals surface area contributed by atoms with E-state index >= 15 is 0 Å². The second-order valence-corrected chi connectivity index (χ2v) is 5.20. The lowest BCUT2D eigenvalue weighted by Gasteiger charge is -2.07. The van der Waals surface area contributed by atoms with Gasteiger partial charge in [-0.1, -0.05) is 0 Å². The summed E-state index contributed by atoms with van der Waals surface area (Å²) in [5.74, 6) is 1.77. The fraction of sp³-hybridized carbons (Fsp3) is 0.222. The molecule has 2 aromatic heterocycles. The molecule has 0 atom stereocenters. The molecule has 3 rings (SSSR count). The molecule has 23 heavy (non-hydrogen) atoms. The number of aldehydes is 1. The summed E-state index contributed by atoms with van der Waals surface area (Å²) in [4.78, 5) is 10.7. The first-order valence-corrected chi connectivity index (χ1v) is 7.50.